The highest BCUT2D eigenvalue weighted by molar-refractivity contribution is 5.95. The van der Waals surface area contributed by atoms with E-state index in [1.807, 2.05) is 17.8 Å². The molecule has 0 spiro atoms. The van der Waals surface area contributed by atoms with E-state index in [2.05, 4.69) is 36.1 Å². The van der Waals surface area contributed by atoms with Gasteiger partial charge >= 0.3 is 0 Å². The van der Waals surface area contributed by atoms with Gasteiger partial charge in [0.15, 0.2) is 0 Å². The lowest BCUT2D eigenvalue weighted by Crippen LogP contribution is -2.46. The number of carbonyl (C=O) groups is 1. The van der Waals surface area contributed by atoms with Crippen molar-refractivity contribution in [1.29, 1.82) is 0 Å². The highest BCUT2D eigenvalue weighted by Gasteiger charge is 2.27. The fourth-order valence-corrected chi connectivity index (χ4v) is 2.92. The van der Waals surface area contributed by atoms with Crippen molar-refractivity contribution in [2.75, 3.05) is 19.6 Å². The second kappa shape index (κ2) is 7.07. The Balaban J connectivity index is 2.21. The van der Waals surface area contributed by atoms with E-state index in [0.717, 1.165) is 50.2 Å². The number of hydrogen-bond donors (Lipinski definition) is 1. The molecule has 0 saturated carbocycles. The predicted molar refractivity (Wildman–Crippen MR) is 84.6 cm³/mol. The second-order valence-electron chi connectivity index (χ2n) is 6.18. The molecule has 5 nitrogen and oxygen atoms in total. The molecule has 1 aromatic heterocycles. The zero-order valence-corrected chi connectivity index (χ0v) is 13.7. The van der Waals surface area contributed by atoms with E-state index >= 15 is 0 Å². The van der Waals surface area contributed by atoms with E-state index in [0.29, 0.717) is 6.04 Å². The van der Waals surface area contributed by atoms with Gasteiger partial charge in [-0.1, -0.05) is 6.92 Å². The van der Waals surface area contributed by atoms with Crippen molar-refractivity contribution < 1.29 is 4.79 Å². The minimum Gasteiger partial charge on any atom is -0.335 e. The monoisotopic (exact) mass is 292 g/mol. The molecule has 0 atom stereocenters. The minimum atomic E-state index is 0.146. The normalized spacial score (nSPS) is 16.4. The summed E-state index contributed by atoms with van der Waals surface area (Å²) >= 11 is 0. The van der Waals surface area contributed by atoms with Crippen LogP contribution in [-0.4, -0.2) is 46.3 Å². The average molecular weight is 292 g/mol. The Morgan fingerprint density at radius 1 is 1.48 bits per heavy atom. The van der Waals surface area contributed by atoms with Gasteiger partial charge in [0.25, 0.3) is 5.91 Å². The molecule has 0 aromatic carbocycles. The summed E-state index contributed by atoms with van der Waals surface area (Å²) in [7, 11) is 0. The Kier molecular flexibility index (Phi) is 5.39. The molecule has 1 N–H and O–H groups in total. The summed E-state index contributed by atoms with van der Waals surface area (Å²) in [5, 5.41) is 7.84. The third-order valence-corrected chi connectivity index (χ3v) is 4.15. The zero-order valence-electron chi connectivity index (χ0n) is 13.7. The Labute approximate surface area is 127 Å². The third kappa shape index (κ3) is 3.64. The van der Waals surface area contributed by atoms with Gasteiger partial charge in [-0.05, 0) is 53.1 Å². The lowest BCUT2D eigenvalue weighted by atomic mass is 10.0. The largest absolute Gasteiger partial charge is 0.335 e. The van der Waals surface area contributed by atoms with Crippen molar-refractivity contribution in [1.82, 2.24) is 20.0 Å². The fourth-order valence-electron chi connectivity index (χ4n) is 2.92. The van der Waals surface area contributed by atoms with Gasteiger partial charge in [0.05, 0.1) is 11.3 Å². The number of aryl methyl sites for hydroxylation is 1. The van der Waals surface area contributed by atoms with Crippen molar-refractivity contribution in [3.8, 4) is 0 Å². The van der Waals surface area contributed by atoms with E-state index in [1.54, 1.807) is 0 Å². The first-order chi connectivity index (χ1) is 10.0. The third-order valence-electron chi connectivity index (χ3n) is 4.15. The molecule has 2 rings (SSSR count). The SMILES string of the molecule is CCCN(C(=O)c1cn(C(C)C)nc1C)C1CCNCC1. The van der Waals surface area contributed by atoms with E-state index in [-0.39, 0.29) is 11.9 Å². The zero-order chi connectivity index (χ0) is 15.4. The maximum atomic E-state index is 12.9. The molecule has 0 unspecified atom stereocenters. The Morgan fingerprint density at radius 2 is 2.14 bits per heavy atom. The standard InChI is InChI=1S/C16H28N4O/c1-5-10-19(14-6-8-17-9-7-14)16(21)15-11-20(12(2)3)18-13(15)4/h11-12,14,17H,5-10H2,1-4H3. The number of aromatic nitrogens is 2. The number of nitrogens with zero attached hydrogens (tertiary/aromatic N) is 3. The van der Waals surface area contributed by atoms with Gasteiger partial charge in [-0.15, -0.1) is 0 Å². The first kappa shape index (κ1) is 16.0. The van der Waals surface area contributed by atoms with Crippen LogP contribution in [0.5, 0.6) is 0 Å². The van der Waals surface area contributed by atoms with Gasteiger partial charge in [0.2, 0.25) is 0 Å². The molecule has 2 heterocycles. The van der Waals surface area contributed by atoms with Gasteiger partial charge in [-0.3, -0.25) is 9.48 Å². The molecule has 118 valence electrons. The molecule has 1 aromatic rings. The van der Waals surface area contributed by atoms with Gasteiger partial charge in [-0.2, -0.15) is 5.10 Å². The van der Waals surface area contributed by atoms with E-state index < -0.39 is 0 Å². The molecule has 0 radical (unpaired) electrons. The van der Waals surface area contributed by atoms with Crippen LogP contribution in [0.25, 0.3) is 0 Å². The summed E-state index contributed by atoms with van der Waals surface area (Å²) < 4.78 is 1.88. The average Bonchev–Trinajstić information content (AvgIpc) is 2.87. The quantitative estimate of drug-likeness (QED) is 0.906. The summed E-state index contributed by atoms with van der Waals surface area (Å²) in [6.45, 7) is 11.1. The molecule has 1 aliphatic heterocycles. The van der Waals surface area contributed by atoms with Crippen LogP contribution >= 0.6 is 0 Å². The summed E-state index contributed by atoms with van der Waals surface area (Å²) in [6, 6.07) is 0.643. The number of nitrogens with one attached hydrogen (secondary N) is 1. The maximum absolute atomic E-state index is 12.9. The van der Waals surface area contributed by atoms with Crippen LogP contribution < -0.4 is 5.32 Å². The fraction of sp³-hybridized carbons (Fsp3) is 0.750. The lowest BCUT2D eigenvalue weighted by molar-refractivity contribution is 0.0642. The highest BCUT2D eigenvalue weighted by atomic mass is 16.2. The van der Waals surface area contributed by atoms with E-state index in [1.165, 1.54) is 0 Å². The van der Waals surface area contributed by atoms with Crippen LogP contribution in [-0.2, 0) is 0 Å². The molecule has 0 bridgehead atoms. The van der Waals surface area contributed by atoms with Gasteiger partial charge in [0.1, 0.15) is 0 Å². The summed E-state index contributed by atoms with van der Waals surface area (Å²) in [5.41, 5.74) is 1.60. The Morgan fingerprint density at radius 3 is 2.67 bits per heavy atom. The van der Waals surface area contributed by atoms with Crippen LogP contribution in [0, 0.1) is 6.92 Å². The minimum absolute atomic E-state index is 0.146. The predicted octanol–water partition coefficient (Wildman–Crippen LogP) is 2.38. The van der Waals surface area contributed by atoms with Crippen molar-refractivity contribution in [3.05, 3.63) is 17.5 Å². The van der Waals surface area contributed by atoms with Crippen molar-refractivity contribution in [2.45, 2.75) is 59.0 Å². The van der Waals surface area contributed by atoms with Crippen LogP contribution in [0.2, 0.25) is 0 Å². The van der Waals surface area contributed by atoms with E-state index in [9.17, 15) is 4.79 Å². The van der Waals surface area contributed by atoms with Crippen molar-refractivity contribution in [2.24, 2.45) is 0 Å². The lowest BCUT2D eigenvalue weighted by Gasteiger charge is -2.34. The summed E-state index contributed by atoms with van der Waals surface area (Å²) in [4.78, 5) is 15.0. The maximum Gasteiger partial charge on any atom is 0.257 e. The molecular weight excluding hydrogens is 264 g/mol. The second-order valence-corrected chi connectivity index (χ2v) is 6.18. The first-order valence-corrected chi connectivity index (χ1v) is 8.12. The molecule has 21 heavy (non-hydrogen) atoms. The van der Waals surface area contributed by atoms with Gasteiger partial charge in [-0.25, -0.2) is 0 Å². The first-order valence-electron chi connectivity index (χ1n) is 8.12. The topological polar surface area (TPSA) is 50.2 Å². The van der Waals surface area contributed by atoms with E-state index in [4.69, 9.17) is 0 Å². The van der Waals surface area contributed by atoms with Crippen molar-refractivity contribution >= 4 is 5.91 Å². The Bertz CT molecular complexity index is 475. The van der Waals surface area contributed by atoms with Crippen molar-refractivity contribution in [3.63, 3.8) is 0 Å². The number of piperidine rings is 1. The number of amides is 1. The summed E-state index contributed by atoms with van der Waals surface area (Å²) in [5.74, 6) is 0.146. The molecule has 0 aliphatic carbocycles. The molecule has 1 saturated heterocycles. The highest BCUT2D eigenvalue weighted by Crippen LogP contribution is 2.19. The van der Waals surface area contributed by atoms with Crippen LogP contribution in [0.4, 0.5) is 0 Å². The van der Waals surface area contributed by atoms with Gasteiger partial charge in [0, 0.05) is 24.8 Å². The molecule has 1 aliphatic rings. The molecule has 5 heteroatoms. The van der Waals surface area contributed by atoms with Gasteiger partial charge < -0.3 is 10.2 Å². The number of rotatable bonds is 5. The number of hydrogen-bond acceptors (Lipinski definition) is 3. The molecule has 1 amide bonds. The Hall–Kier alpha value is -1.36. The molecule has 1 fully saturated rings. The molecular formula is C16H28N4O. The van der Waals surface area contributed by atoms with Crippen LogP contribution in [0.3, 0.4) is 0 Å². The smallest absolute Gasteiger partial charge is 0.257 e. The number of carbonyl (C=O) groups excluding carboxylic acids is 1. The van der Waals surface area contributed by atoms with Crippen LogP contribution in [0.1, 0.15) is 62.1 Å². The van der Waals surface area contributed by atoms with Crippen LogP contribution in [0.15, 0.2) is 6.20 Å². The summed E-state index contributed by atoms with van der Waals surface area (Å²) in [6.07, 6.45) is 4.99.